The number of carbonyl (C=O) groups excluding carboxylic acids is 2. The average molecular weight is 891 g/mol. The van der Waals surface area contributed by atoms with Gasteiger partial charge in [-0.15, -0.1) is 0 Å². The van der Waals surface area contributed by atoms with Gasteiger partial charge in [-0.05, 0) is 45.2 Å². The number of aromatic nitrogens is 6. The van der Waals surface area contributed by atoms with Crippen LogP contribution in [0.4, 0.5) is 16.4 Å². The molecular formula is C30H44N12O16P2. The zero-order valence-electron chi connectivity index (χ0n) is 32.1. The minimum atomic E-state index is -5.24. The number of hydrogen-bond donors (Lipinski definition) is 7. The van der Waals surface area contributed by atoms with E-state index in [1.54, 1.807) is 20.8 Å². The molecule has 0 bridgehead atoms. The molecule has 2 unspecified atom stereocenters. The molecule has 3 aromatic heterocycles. The molecule has 30 heteroatoms. The van der Waals surface area contributed by atoms with Gasteiger partial charge in [0, 0.05) is 24.1 Å². The van der Waals surface area contributed by atoms with Gasteiger partial charge in [0.05, 0.1) is 19.5 Å². The van der Waals surface area contributed by atoms with Crippen LogP contribution in [0, 0.1) is 0 Å². The lowest BCUT2D eigenvalue weighted by molar-refractivity contribution is -0.159. The number of aliphatic hydroxyl groups excluding tert-OH is 1. The van der Waals surface area contributed by atoms with Gasteiger partial charge in [-0.25, -0.2) is 38.5 Å². The summed E-state index contributed by atoms with van der Waals surface area (Å²) >= 11 is 0. The Morgan fingerprint density at radius 1 is 1.10 bits per heavy atom. The quantitative estimate of drug-likeness (QED) is 0.0231. The van der Waals surface area contributed by atoms with E-state index < -0.39 is 101 Å². The molecule has 9 atom stereocenters. The Morgan fingerprint density at radius 3 is 2.52 bits per heavy atom. The van der Waals surface area contributed by atoms with Crippen LogP contribution in [-0.4, -0.2) is 123 Å². The van der Waals surface area contributed by atoms with Crippen molar-refractivity contribution in [3.05, 3.63) is 45.8 Å². The molecule has 2 fully saturated rings. The van der Waals surface area contributed by atoms with Gasteiger partial charge in [-0.2, -0.15) is 4.98 Å². The van der Waals surface area contributed by atoms with Crippen LogP contribution in [0.1, 0.15) is 58.9 Å². The fraction of sp³-hybridized carbons (Fsp3) is 0.633. The van der Waals surface area contributed by atoms with Gasteiger partial charge in [0.1, 0.15) is 59.9 Å². The molecule has 9 N–H and O–H groups in total. The first-order chi connectivity index (χ1) is 28.1. The lowest BCUT2D eigenvalue weighted by Crippen LogP contribution is -2.47. The zero-order chi connectivity index (χ0) is 44.0. The maximum absolute atomic E-state index is 13.8. The van der Waals surface area contributed by atoms with Gasteiger partial charge >= 0.3 is 33.4 Å². The summed E-state index contributed by atoms with van der Waals surface area (Å²) in [5.74, 6) is -1.20. The number of anilines is 2. The van der Waals surface area contributed by atoms with E-state index in [-0.39, 0.29) is 48.6 Å². The largest absolute Gasteiger partial charge is 0.472 e. The van der Waals surface area contributed by atoms with Crippen molar-refractivity contribution in [1.82, 2.24) is 34.4 Å². The first-order valence-electron chi connectivity index (χ1n) is 18.0. The van der Waals surface area contributed by atoms with Crippen molar-refractivity contribution in [2.45, 2.75) is 101 Å². The Hall–Kier alpha value is -4.82. The Balaban J connectivity index is 1.37. The molecule has 3 aromatic rings. The van der Waals surface area contributed by atoms with Crippen LogP contribution in [0.2, 0.25) is 0 Å². The van der Waals surface area contributed by atoms with E-state index in [0.717, 1.165) is 10.9 Å². The van der Waals surface area contributed by atoms with Crippen LogP contribution in [0.15, 0.2) is 34.8 Å². The number of rotatable bonds is 18. The number of imidazole rings is 1. The van der Waals surface area contributed by atoms with E-state index in [1.807, 2.05) is 0 Å². The molecule has 5 rings (SSSR count). The van der Waals surface area contributed by atoms with E-state index in [4.69, 9.17) is 45.0 Å². The number of nitrogen functional groups attached to an aromatic ring is 2. The lowest BCUT2D eigenvalue weighted by Gasteiger charge is -2.26. The minimum absolute atomic E-state index is 0.0100. The molecule has 0 aliphatic carbocycles. The van der Waals surface area contributed by atoms with Gasteiger partial charge in [-0.1, -0.05) is 11.5 Å². The molecule has 28 nitrogen and oxygen atoms in total. The molecule has 2 aliphatic rings. The van der Waals surface area contributed by atoms with Crippen LogP contribution in [-0.2, 0) is 46.4 Å². The topological polar surface area (TPSA) is 405 Å². The Kier molecular flexibility index (Phi) is 14.9. The number of phosphoric acid groups is 2. The van der Waals surface area contributed by atoms with Gasteiger partial charge in [0.2, 0.25) is 0 Å². The number of esters is 1. The third kappa shape index (κ3) is 12.4. The van der Waals surface area contributed by atoms with Crippen LogP contribution in [0.3, 0.4) is 0 Å². The van der Waals surface area contributed by atoms with Crippen LogP contribution in [0.5, 0.6) is 0 Å². The van der Waals surface area contributed by atoms with E-state index in [1.165, 1.54) is 23.2 Å². The number of ether oxygens (including phenoxy) is 4. The van der Waals surface area contributed by atoms with Crippen molar-refractivity contribution >= 4 is 50.5 Å². The van der Waals surface area contributed by atoms with E-state index in [2.05, 4.69) is 39.8 Å². The molecule has 0 aromatic carbocycles. The summed E-state index contributed by atoms with van der Waals surface area (Å²) in [7, 11) is -10.3. The molecule has 0 spiro atoms. The summed E-state index contributed by atoms with van der Waals surface area (Å²) in [4.78, 5) is 86.9. The van der Waals surface area contributed by atoms with Crippen molar-refractivity contribution < 1.29 is 71.0 Å². The maximum Gasteiger partial charge on any atom is 0.472 e. The van der Waals surface area contributed by atoms with Crippen LogP contribution in [0.25, 0.3) is 21.6 Å². The highest BCUT2D eigenvalue weighted by molar-refractivity contribution is 7.47. The first-order valence-corrected chi connectivity index (χ1v) is 21.0. The van der Waals surface area contributed by atoms with Crippen molar-refractivity contribution in [3.8, 4) is 0 Å². The molecular weight excluding hydrogens is 846 g/mol. The number of nitrogens with one attached hydrogen (secondary N) is 1. The number of nitrogens with zero attached hydrogens (tertiary/aromatic N) is 9. The monoisotopic (exact) mass is 890 g/mol. The highest BCUT2D eigenvalue weighted by Gasteiger charge is 2.50. The highest BCUT2D eigenvalue weighted by atomic mass is 31.2. The molecule has 0 saturated carbocycles. The zero-order valence-corrected chi connectivity index (χ0v) is 33.9. The number of amides is 1. The van der Waals surface area contributed by atoms with Crippen molar-refractivity contribution in [1.29, 1.82) is 0 Å². The number of phosphoric ester groups is 2. The third-order valence-electron chi connectivity index (χ3n) is 8.68. The number of aliphatic hydroxyl groups is 1. The number of alkyl carbamates (subject to hydrolysis) is 1. The average Bonchev–Trinajstić information content (AvgIpc) is 3.83. The first kappa shape index (κ1) is 46.2. The molecule has 2 saturated heterocycles. The summed E-state index contributed by atoms with van der Waals surface area (Å²) in [6.07, 6.45) is -7.85. The van der Waals surface area contributed by atoms with E-state index in [9.17, 15) is 43.3 Å². The van der Waals surface area contributed by atoms with Gasteiger partial charge in [0.15, 0.2) is 23.8 Å². The maximum atomic E-state index is 13.8. The van der Waals surface area contributed by atoms with E-state index in [0.29, 0.717) is 6.42 Å². The van der Waals surface area contributed by atoms with Crippen molar-refractivity contribution in [2.75, 3.05) is 31.2 Å². The number of carbonyl (C=O) groups is 2. The second-order valence-electron chi connectivity index (χ2n) is 14.3. The summed E-state index contributed by atoms with van der Waals surface area (Å²) in [6.45, 7) is 3.13. The summed E-state index contributed by atoms with van der Waals surface area (Å²) in [6, 6.07) is -0.109. The summed E-state index contributed by atoms with van der Waals surface area (Å²) < 4.78 is 65.1. The summed E-state index contributed by atoms with van der Waals surface area (Å²) in [5.41, 5.74) is 18.5. The fourth-order valence-electron chi connectivity index (χ4n) is 6.09. The fourth-order valence-corrected chi connectivity index (χ4v) is 7.39. The van der Waals surface area contributed by atoms with Crippen molar-refractivity contribution in [2.24, 2.45) is 5.11 Å². The van der Waals surface area contributed by atoms with Crippen LogP contribution < -0.4 is 22.5 Å². The number of hydrogen-bond acceptors (Lipinski definition) is 20. The normalized spacial score (nSPS) is 24.7. The number of fused-ring (bicyclic) bond motifs is 1. The lowest BCUT2D eigenvalue weighted by atomic mass is 10.1. The molecule has 330 valence electrons. The predicted octanol–water partition coefficient (Wildman–Crippen LogP) is 0.691. The SMILES string of the molecule is CC(C)(C)OC(=O)NC(CCCCN=[N+]=[N-])C(=O)O[C@H]1[C@@H](O)[C@H](n2cnc3c(N)ncnc32)O[C@@H]1COP(=O)(O)O[C@H]1C[C@H](n2ccc(N)nc2=O)O[C@H]1COP(=O)(O)O. The molecule has 0 radical (unpaired) electrons. The number of unbranched alkanes of at least 4 members (excludes halogenated alkanes) is 1. The molecule has 60 heavy (non-hydrogen) atoms. The number of nitrogens with two attached hydrogens (primary N) is 2. The summed E-state index contributed by atoms with van der Waals surface area (Å²) in [5, 5.41) is 17.5. The minimum Gasteiger partial charge on any atom is -0.455 e. The Morgan fingerprint density at radius 2 is 1.83 bits per heavy atom. The van der Waals surface area contributed by atoms with Gasteiger partial charge < -0.3 is 55.5 Å². The van der Waals surface area contributed by atoms with Crippen LogP contribution >= 0.6 is 15.6 Å². The van der Waals surface area contributed by atoms with Gasteiger partial charge in [-0.3, -0.25) is 22.7 Å². The third-order valence-corrected chi connectivity index (χ3v) is 10.2. The molecule has 5 heterocycles. The second-order valence-corrected chi connectivity index (χ2v) is 16.9. The van der Waals surface area contributed by atoms with Crippen molar-refractivity contribution in [3.63, 3.8) is 0 Å². The molecule has 1 amide bonds. The Labute approximate surface area is 338 Å². The standard InChI is InChI=1S/C30H44N12O16P2/c1-30(2,3)57-29(46)38-15(6-4-5-8-37-40-33)27(44)56-23-18(55-26(22(23)43)42-14-36-21-24(32)34-13-35-25(21)42)12-53-60(50,51)58-16-10-20(41-9-7-19(31)39-28(41)45)54-17(16)11-52-59(47,48)49/h7,9,13-18,20,22-23,26,43H,4-6,8,10-12H2,1-3H3,(H,38,46)(H,50,51)(H2,31,39,45)(H2,32,34,35)(H2,47,48,49)/t15?,16-,17-,18+,20+,22+,23+,26+/m0/s1. The predicted molar refractivity (Wildman–Crippen MR) is 201 cm³/mol. The Bertz CT molecular complexity index is 2210. The van der Waals surface area contributed by atoms with Gasteiger partial charge in [0.25, 0.3) is 0 Å². The highest BCUT2D eigenvalue weighted by Crippen LogP contribution is 2.50. The van der Waals surface area contributed by atoms with E-state index >= 15 is 0 Å². The molecule has 2 aliphatic heterocycles. The number of azide groups is 1. The second kappa shape index (κ2) is 19.3. The smallest absolute Gasteiger partial charge is 0.455 e.